The van der Waals surface area contributed by atoms with Crippen LogP contribution in [0.2, 0.25) is 0 Å². The second-order valence-corrected chi connectivity index (χ2v) is 6.23. The van der Waals surface area contributed by atoms with Crippen molar-refractivity contribution in [2.45, 2.75) is 31.2 Å². The third-order valence-electron chi connectivity index (χ3n) is 3.02. The highest BCUT2D eigenvalue weighted by atomic mass is 79.9. The molecule has 1 nitrogen and oxygen atoms in total. The van der Waals surface area contributed by atoms with E-state index in [9.17, 15) is 8.78 Å². The summed E-state index contributed by atoms with van der Waals surface area (Å²) in [5.74, 6) is -0.827. The van der Waals surface area contributed by atoms with Gasteiger partial charge in [-0.05, 0) is 49.6 Å². The van der Waals surface area contributed by atoms with Crippen molar-refractivity contribution < 1.29 is 13.5 Å². The molecule has 0 aliphatic rings. The molecule has 2 aromatic rings. The molecular weight excluding hydrogens is 338 g/mol. The van der Waals surface area contributed by atoms with Crippen LogP contribution >= 0.6 is 15.9 Å². The molecule has 0 aliphatic carbocycles. The van der Waals surface area contributed by atoms with Gasteiger partial charge in [0.05, 0.1) is 6.10 Å². The van der Waals surface area contributed by atoms with Gasteiger partial charge in [-0.15, -0.1) is 0 Å². The topological polar surface area (TPSA) is 9.23 Å². The van der Waals surface area contributed by atoms with Gasteiger partial charge < -0.3 is 4.74 Å². The Hall–Kier alpha value is -1.42. The molecule has 1 atom stereocenters. The Balaban J connectivity index is 2.16. The lowest BCUT2D eigenvalue weighted by molar-refractivity contribution is 0.242. The van der Waals surface area contributed by atoms with Gasteiger partial charge in [0, 0.05) is 4.83 Å². The van der Waals surface area contributed by atoms with E-state index in [0.29, 0.717) is 12.0 Å². The van der Waals surface area contributed by atoms with Crippen molar-refractivity contribution >= 4 is 15.9 Å². The number of benzene rings is 2. The summed E-state index contributed by atoms with van der Waals surface area (Å²) in [6, 6.07) is 11.9. The second kappa shape index (κ2) is 7.03. The van der Waals surface area contributed by atoms with E-state index >= 15 is 0 Å². The molecule has 0 amide bonds. The van der Waals surface area contributed by atoms with Crippen LogP contribution in [-0.2, 0) is 6.42 Å². The maximum atomic E-state index is 13.7. The largest absolute Gasteiger partial charge is 0.491 e. The fourth-order valence-corrected chi connectivity index (χ4v) is 2.71. The van der Waals surface area contributed by atoms with Crippen LogP contribution in [0.15, 0.2) is 42.5 Å². The zero-order valence-electron chi connectivity index (χ0n) is 11.9. The van der Waals surface area contributed by atoms with Crippen molar-refractivity contribution in [3.8, 4) is 5.75 Å². The zero-order chi connectivity index (χ0) is 15.4. The molecule has 0 saturated heterocycles. The van der Waals surface area contributed by atoms with Gasteiger partial charge >= 0.3 is 0 Å². The van der Waals surface area contributed by atoms with Crippen LogP contribution in [0.25, 0.3) is 0 Å². The Morgan fingerprint density at radius 1 is 1.10 bits per heavy atom. The maximum absolute atomic E-state index is 13.7. The SMILES string of the molecule is CC(C)Oc1cccc(C(Br)Cc2cccc(F)c2F)c1. The van der Waals surface area contributed by atoms with Crippen LogP contribution in [0.4, 0.5) is 8.78 Å². The monoisotopic (exact) mass is 354 g/mol. The quantitative estimate of drug-likeness (QED) is 0.650. The van der Waals surface area contributed by atoms with Crippen LogP contribution in [0.1, 0.15) is 29.8 Å². The minimum atomic E-state index is -0.816. The van der Waals surface area contributed by atoms with Gasteiger partial charge in [-0.3, -0.25) is 0 Å². The van der Waals surface area contributed by atoms with Gasteiger partial charge in [0.1, 0.15) is 5.75 Å². The molecule has 21 heavy (non-hydrogen) atoms. The van der Waals surface area contributed by atoms with Crippen LogP contribution < -0.4 is 4.74 Å². The maximum Gasteiger partial charge on any atom is 0.162 e. The lowest BCUT2D eigenvalue weighted by atomic mass is 10.0. The number of alkyl halides is 1. The molecule has 2 aromatic carbocycles. The van der Waals surface area contributed by atoms with E-state index in [1.807, 2.05) is 38.1 Å². The first-order valence-electron chi connectivity index (χ1n) is 6.81. The van der Waals surface area contributed by atoms with Crippen molar-refractivity contribution in [2.75, 3.05) is 0 Å². The zero-order valence-corrected chi connectivity index (χ0v) is 13.5. The highest BCUT2D eigenvalue weighted by Crippen LogP contribution is 2.30. The Kier molecular flexibility index (Phi) is 5.34. The van der Waals surface area contributed by atoms with Crippen LogP contribution in [0, 0.1) is 11.6 Å². The predicted molar refractivity (Wildman–Crippen MR) is 83.9 cm³/mol. The van der Waals surface area contributed by atoms with Crippen molar-refractivity contribution in [2.24, 2.45) is 0 Å². The minimum Gasteiger partial charge on any atom is -0.491 e. The molecule has 0 aromatic heterocycles. The Morgan fingerprint density at radius 2 is 1.81 bits per heavy atom. The fraction of sp³-hybridized carbons (Fsp3) is 0.294. The van der Waals surface area contributed by atoms with Crippen molar-refractivity contribution in [1.82, 2.24) is 0 Å². The molecular formula is C17H17BrF2O. The summed E-state index contributed by atoms with van der Waals surface area (Å²) in [5.41, 5.74) is 1.32. The van der Waals surface area contributed by atoms with E-state index in [2.05, 4.69) is 15.9 Å². The molecule has 1 unspecified atom stereocenters. The minimum absolute atomic E-state index is 0.0923. The molecule has 0 N–H and O–H groups in total. The molecule has 4 heteroatoms. The lowest BCUT2D eigenvalue weighted by Gasteiger charge is -2.14. The van der Waals surface area contributed by atoms with Crippen molar-refractivity contribution in [3.05, 3.63) is 65.2 Å². The van der Waals surface area contributed by atoms with Crippen LogP contribution in [-0.4, -0.2) is 6.10 Å². The summed E-state index contributed by atoms with van der Waals surface area (Å²) in [7, 11) is 0. The van der Waals surface area contributed by atoms with Crippen LogP contribution in [0.5, 0.6) is 5.75 Å². The molecule has 112 valence electrons. The average Bonchev–Trinajstić information content (AvgIpc) is 2.43. The molecule has 0 radical (unpaired) electrons. The molecule has 0 saturated carbocycles. The molecule has 0 spiro atoms. The molecule has 2 rings (SSSR count). The van der Waals surface area contributed by atoms with Crippen molar-refractivity contribution in [3.63, 3.8) is 0 Å². The van der Waals surface area contributed by atoms with Gasteiger partial charge in [0.15, 0.2) is 11.6 Å². The van der Waals surface area contributed by atoms with Gasteiger partial charge in [0.2, 0.25) is 0 Å². The summed E-state index contributed by atoms with van der Waals surface area (Å²) >= 11 is 3.54. The highest BCUT2D eigenvalue weighted by molar-refractivity contribution is 9.09. The third kappa shape index (κ3) is 4.27. The van der Waals surface area contributed by atoms with Gasteiger partial charge in [-0.1, -0.05) is 40.2 Å². The fourth-order valence-electron chi connectivity index (χ4n) is 2.07. The third-order valence-corrected chi connectivity index (χ3v) is 3.87. The normalized spacial score (nSPS) is 12.5. The molecule has 0 heterocycles. The molecule has 0 bridgehead atoms. The van der Waals surface area contributed by atoms with Gasteiger partial charge in [0.25, 0.3) is 0 Å². The Bertz CT molecular complexity index is 613. The smallest absolute Gasteiger partial charge is 0.162 e. The summed E-state index contributed by atoms with van der Waals surface area (Å²) < 4.78 is 32.6. The first-order valence-corrected chi connectivity index (χ1v) is 7.72. The number of rotatable bonds is 5. The first-order chi connectivity index (χ1) is 9.97. The van der Waals surface area contributed by atoms with E-state index in [0.717, 1.165) is 17.4 Å². The Morgan fingerprint density at radius 3 is 2.52 bits per heavy atom. The molecule has 0 fully saturated rings. The standard InChI is InChI=1S/C17H17BrF2O/c1-11(2)21-14-7-3-5-12(9-14)15(18)10-13-6-4-8-16(19)17(13)20/h3-9,11,15H,10H2,1-2H3. The number of ether oxygens (including phenoxy) is 1. The number of hydrogen-bond donors (Lipinski definition) is 0. The van der Waals surface area contributed by atoms with Crippen molar-refractivity contribution in [1.29, 1.82) is 0 Å². The van der Waals surface area contributed by atoms with Gasteiger partial charge in [-0.2, -0.15) is 0 Å². The summed E-state index contributed by atoms with van der Waals surface area (Å²) in [4.78, 5) is -0.107. The predicted octanol–water partition coefficient (Wildman–Crippen LogP) is 5.43. The number of halogens is 3. The second-order valence-electron chi connectivity index (χ2n) is 5.12. The van der Waals surface area contributed by atoms with E-state index in [1.165, 1.54) is 6.07 Å². The lowest BCUT2D eigenvalue weighted by Crippen LogP contribution is -2.06. The number of hydrogen-bond acceptors (Lipinski definition) is 1. The van der Waals surface area contributed by atoms with E-state index in [-0.39, 0.29) is 10.9 Å². The summed E-state index contributed by atoms with van der Waals surface area (Å²) in [5, 5.41) is 0. The Labute approximate surface area is 132 Å². The summed E-state index contributed by atoms with van der Waals surface area (Å²) in [6.45, 7) is 3.92. The average molecular weight is 355 g/mol. The van der Waals surface area contributed by atoms with Crippen LogP contribution in [0.3, 0.4) is 0 Å². The highest BCUT2D eigenvalue weighted by Gasteiger charge is 2.14. The van der Waals surface area contributed by atoms with Gasteiger partial charge in [-0.25, -0.2) is 8.78 Å². The van der Waals surface area contributed by atoms with E-state index < -0.39 is 11.6 Å². The summed E-state index contributed by atoms with van der Waals surface area (Å²) in [6.07, 6.45) is 0.462. The molecule has 0 aliphatic heterocycles. The van der Waals surface area contributed by atoms with E-state index in [4.69, 9.17) is 4.74 Å². The van der Waals surface area contributed by atoms with E-state index in [1.54, 1.807) is 6.07 Å². The first kappa shape index (κ1) is 16.0.